The second-order valence-corrected chi connectivity index (χ2v) is 11.6. The number of nitrogens with one attached hydrogen (secondary N) is 1. The standard InChI is InChI=1S/C29H34F3N5O3/c30-29(31,32)24-4-2-1-3-22(24)20-9-12-36(17-20)28(40)23-15-34-37(26(23)18-5-6-18)21-10-13-35(14-11-21)25(38)16-33-27(39)19-7-8-19/h1-4,15,18-21H,5-14,16-17H2,(H,33,39)/t20-/m1/s1. The van der Waals surface area contributed by atoms with Gasteiger partial charge in [-0.05, 0) is 56.6 Å². The van der Waals surface area contributed by atoms with Gasteiger partial charge in [-0.25, -0.2) is 0 Å². The van der Waals surface area contributed by atoms with Crippen molar-refractivity contribution in [2.75, 3.05) is 32.7 Å². The van der Waals surface area contributed by atoms with E-state index in [1.165, 1.54) is 12.1 Å². The summed E-state index contributed by atoms with van der Waals surface area (Å²) >= 11 is 0. The number of carbonyl (C=O) groups is 3. The summed E-state index contributed by atoms with van der Waals surface area (Å²) in [6.45, 7) is 1.80. The molecule has 40 heavy (non-hydrogen) atoms. The number of rotatable bonds is 7. The summed E-state index contributed by atoms with van der Waals surface area (Å²) in [4.78, 5) is 41.5. The molecular weight excluding hydrogens is 523 g/mol. The number of halogens is 3. The van der Waals surface area contributed by atoms with Gasteiger partial charge in [-0.2, -0.15) is 18.3 Å². The van der Waals surface area contributed by atoms with E-state index >= 15 is 0 Å². The molecule has 2 aliphatic carbocycles. The molecule has 3 amide bonds. The summed E-state index contributed by atoms with van der Waals surface area (Å²) in [6, 6.07) is 5.71. The maximum absolute atomic E-state index is 13.6. The Kier molecular flexibility index (Phi) is 7.08. The predicted octanol–water partition coefficient (Wildman–Crippen LogP) is 4.10. The van der Waals surface area contributed by atoms with Gasteiger partial charge in [0.15, 0.2) is 0 Å². The van der Waals surface area contributed by atoms with Gasteiger partial charge >= 0.3 is 6.18 Å². The van der Waals surface area contributed by atoms with Crippen LogP contribution in [0.1, 0.15) is 90.0 Å². The number of piperidine rings is 1. The van der Waals surface area contributed by atoms with Gasteiger partial charge in [-0.15, -0.1) is 0 Å². The predicted molar refractivity (Wildman–Crippen MR) is 139 cm³/mol. The number of amides is 3. The number of carbonyl (C=O) groups excluding carboxylic acids is 3. The topological polar surface area (TPSA) is 87.5 Å². The first kappa shape index (κ1) is 26.8. The molecule has 4 fully saturated rings. The lowest BCUT2D eigenvalue weighted by Crippen LogP contribution is -2.44. The fourth-order valence-corrected chi connectivity index (χ4v) is 6.20. The number of benzene rings is 1. The number of likely N-dealkylation sites (tertiary alicyclic amines) is 2. The molecule has 11 heteroatoms. The maximum atomic E-state index is 13.6. The normalized spacial score (nSPS) is 22.0. The number of alkyl halides is 3. The number of hydrogen-bond donors (Lipinski definition) is 1. The zero-order valence-electron chi connectivity index (χ0n) is 22.3. The first-order valence-electron chi connectivity index (χ1n) is 14.3. The number of nitrogens with zero attached hydrogens (tertiary/aromatic N) is 4. The molecule has 8 nitrogen and oxygen atoms in total. The second kappa shape index (κ2) is 10.6. The van der Waals surface area contributed by atoms with E-state index in [4.69, 9.17) is 0 Å². The van der Waals surface area contributed by atoms with Crippen LogP contribution in [0.25, 0.3) is 0 Å². The molecular formula is C29H34F3N5O3. The highest BCUT2D eigenvalue weighted by atomic mass is 19.4. The second-order valence-electron chi connectivity index (χ2n) is 11.6. The molecule has 3 heterocycles. The van der Waals surface area contributed by atoms with E-state index in [0.717, 1.165) is 37.4 Å². The van der Waals surface area contributed by atoms with Crippen LogP contribution in [0.2, 0.25) is 0 Å². The smallest absolute Gasteiger partial charge is 0.347 e. The van der Waals surface area contributed by atoms with E-state index in [-0.39, 0.29) is 60.2 Å². The number of aromatic nitrogens is 2. The molecule has 1 aromatic carbocycles. The van der Waals surface area contributed by atoms with Crippen LogP contribution in [-0.4, -0.2) is 70.0 Å². The highest BCUT2D eigenvalue weighted by Crippen LogP contribution is 2.44. The van der Waals surface area contributed by atoms with Gasteiger partial charge in [0.2, 0.25) is 11.8 Å². The van der Waals surface area contributed by atoms with Crippen LogP contribution in [0.3, 0.4) is 0 Å². The fraction of sp³-hybridized carbons (Fsp3) is 0.586. The van der Waals surface area contributed by atoms with Crippen molar-refractivity contribution in [3.05, 3.63) is 52.8 Å². The van der Waals surface area contributed by atoms with Gasteiger partial charge in [-0.1, -0.05) is 18.2 Å². The van der Waals surface area contributed by atoms with E-state index in [1.807, 2.05) is 4.68 Å². The van der Waals surface area contributed by atoms with Gasteiger partial charge in [0.05, 0.1) is 35.6 Å². The molecule has 2 aromatic rings. The lowest BCUT2D eigenvalue weighted by atomic mass is 9.93. The zero-order valence-corrected chi connectivity index (χ0v) is 22.3. The highest BCUT2D eigenvalue weighted by Gasteiger charge is 2.40. The van der Waals surface area contributed by atoms with Gasteiger partial charge in [0.25, 0.3) is 5.91 Å². The van der Waals surface area contributed by atoms with Crippen molar-refractivity contribution in [1.29, 1.82) is 0 Å². The minimum absolute atomic E-state index is 0.0258. The molecule has 2 saturated carbocycles. The molecule has 0 bridgehead atoms. The molecule has 2 saturated heterocycles. The lowest BCUT2D eigenvalue weighted by molar-refractivity contribution is -0.138. The van der Waals surface area contributed by atoms with Crippen molar-refractivity contribution in [3.8, 4) is 0 Å². The van der Waals surface area contributed by atoms with E-state index in [0.29, 0.717) is 44.5 Å². The molecule has 0 spiro atoms. The van der Waals surface area contributed by atoms with Crippen molar-refractivity contribution in [1.82, 2.24) is 24.9 Å². The van der Waals surface area contributed by atoms with Crippen LogP contribution in [0, 0.1) is 5.92 Å². The van der Waals surface area contributed by atoms with Crippen molar-refractivity contribution < 1.29 is 27.6 Å². The molecule has 1 atom stereocenters. The van der Waals surface area contributed by atoms with E-state index in [9.17, 15) is 27.6 Å². The Bertz CT molecular complexity index is 1290. The minimum Gasteiger partial charge on any atom is -0.347 e. The quantitative estimate of drug-likeness (QED) is 0.556. The van der Waals surface area contributed by atoms with Gasteiger partial charge in [-0.3, -0.25) is 19.1 Å². The van der Waals surface area contributed by atoms with Crippen LogP contribution in [0.15, 0.2) is 30.5 Å². The van der Waals surface area contributed by atoms with Crippen molar-refractivity contribution in [3.63, 3.8) is 0 Å². The Balaban J connectivity index is 1.11. The van der Waals surface area contributed by atoms with Crippen LogP contribution in [-0.2, 0) is 15.8 Å². The first-order chi connectivity index (χ1) is 19.2. The average Bonchev–Trinajstić information content (AvgIpc) is 3.89. The summed E-state index contributed by atoms with van der Waals surface area (Å²) in [5.41, 5.74) is 1.09. The average molecular weight is 558 g/mol. The summed E-state index contributed by atoms with van der Waals surface area (Å²) in [6.07, 6.45) is 2.84. The van der Waals surface area contributed by atoms with Crippen LogP contribution in [0.4, 0.5) is 13.2 Å². The Labute approximate surface area is 230 Å². The molecule has 2 aliphatic heterocycles. The number of hydrogen-bond acceptors (Lipinski definition) is 4. The monoisotopic (exact) mass is 557 g/mol. The fourth-order valence-electron chi connectivity index (χ4n) is 6.20. The van der Waals surface area contributed by atoms with Crippen molar-refractivity contribution in [2.45, 2.75) is 69.0 Å². The third-order valence-corrected chi connectivity index (χ3v) is 8.73. The van der Waals surface area contributed by atoms with Crippen LogP contribution < -0.4 is 5.32 Å². The van der Waals surface area contributed by atoms with E-state index in [2.05, 4.69) is 10.4 Å². The van der Waals surface area contributed by atoms with Crippen molar-refractivity contribution in [2.24, 2.45) is 5.92 Å². The maximum Gasteiger partial charge on any atom is 0.416 e. The first-order valence-corrected chi connectivity index (χ1v) is 14.3. The Morgan fingerprint density at radius 2 is 1.60 bits per heavy atom. The molecule has 6 rings (SSSR count). The van der Waals surface area contributed by atoms with Gasteiger partial charge in [0, 0.05) is 43.9 Å². The minimum atomic E-state index is -4.43. The third-order valence-electron chi connectivity index (χ3n) is 8.73. The molecule has 4 aliphatic rings. The zero-order chi connectivity index (χ0) is 28.0. The molecule has 214 valence electrons. The van der Waals surface area contributed by atoms with E-state index < -0.39 is 11.7 Å². The van der Waals surface area contributed by atoms with Crippen molar-refractivity contribution >= 4 is 17.7 Å². The lowest BCUT2D eigenvalue weighted by Gasteiger charge is -2.33. The Hall–Kier alpha value is -3.37. The summed E-state index contributed by atoms with van der Waals surface area (Å²) in [5, 5.41) is 7.37. The molecule has 0 radical (unpaired) electrons. The molecule has 1 N–H and O–H groups in total. The van der Waals surface area contributed by atoms with Gasteiger partial charge in [0.1, 0.15) is 0 Å². The summed E-state index contributed by atoms with van der Waals surface area (Å²) < 4.78 is 42.7. The molecule has 1 aromatic heterocycles. The highest BCUT2D eigenvalue weighted by molar-refractivity contribution is 5.95. The summed E-state index contributed by atoms with van der Waals surface area (Å²) in [5.74, 6) is -0.334. The largest absolute Gasteiger partial charge is 0.416 e. The Morgan fingerprint density at radius 1 is 0.900 bits per heavy atom. The van der Waals surface area contributed by atoms with Crippen LogP contribution >= 0.6 is 0 Å². The van der Waals surface area contributed by atoms with E-state index in [1.54, 1.807) is 22.1 Å². The van der Waals surface area contributed by atoms with Crippen LogP contribution in [0.5, 0.6) is 0 Å². The SMILES string of the molecule is O=C(NCC(=O)N1CCC(n2ncc(C(=O)N3CC[C@@H](c4ccccc4C(F)(F)F)C3)c2C2CC2)CC1)C1CC1. The Morgan fingerprint density at radius 3 is 2.27 bits per heavy atom. The molecule has 0 unspecified atom stereocenters. The third kappa shape index (κ3) is 5.47. The summed E-state index contributed by atoms with van der Waals surface area (Å²) in [7, 11) is 0. The van der Waals surface area contributed by atoms with Gasteiger partial charge < -0.3 is 15.1 Å².